The quantitative estimate of drug-likeness (QED) is 0.862. The Morgan fingerprint density at radius 1 is 1.45 bits per heavy atom. The summed E-state index contributed by atoms with van der Waals surface area (Å²) in [5.41, 5.74) is 0.629. The van der Waals surface area contributed by atoms with Gasteiger partial charge in [-0.05, 0) is 18.6 Å². The predicted octanol–water partition coefficient (Wildman–Crippen LogP) is 1.47. The molecule has 0 aromatic carbocycles. The first kappa shape index (κ1) is 14.0. The van der Waals surface area contributed by atoms with Crippen LogP contribution in [0.1, 0.15) is 29.8 Å². The number of pyridine rings is 1. The van der Waals surface area contributed by atoms with Gasteiger partial charge in [-0.25, -0.2) is 9.97 Å². The van der Waals surface area contributed by atoms with Crippen molar-refractivity contribution >= 4 is 17.4 Å². The molecule has 2 rings (SSSR count). The van der Waals surface area contributed by atoms with Gasteiger partial charge in [0.2, 0.25) is 5.82 Å². The maximum Gasteiger partial charge on any atom is 0.295 e. The minimum absolute atomic E-state index is 0.141. The van der Waals surface area contributed by atoms with Crippen LogP contribution < -0.4 is 10.2 Å². The molecule has 2 aromatic heterocycles. The summed E-state index contributed by atoms with van der Waals surface area (Å²) in [5, 5.41) is 9.46. The van der Waals surface area contributed by atoms with E-state index in [4.69, 9.17) is 0 Å². The van der Waals surface area contributed by atoms with Crippen LogP contribution in [0.15, 0.2) is 18.3 Å². The van der Waals surface area contributed by atoms with Crippen LogP contribution in [0.2, 0.25) is 0 Å². The van der Waals surface area contributed by atoms with Crippen LogP contribution in [0, 0.1) is 0 Å². The van der Waals surface area contributed by atoms with Gasteiger partial charge in [-0.1, -0.05) is 6.92 Å². The van der Waals surface area contributed by atoms with Crippen LogP contribution in [0.3, 0.4) is 0 Å². The number of rotatable bonds is 5. The van der Waals surface area contributed by atoms with E-state index in [9.17, 15) is 4.79 Å². The van der Waals surface area contributed by atoms with Crippen molar-refractivity contribution in [1.29, 1.82) is 0 Å². The number of amides is 1. The van der Waals surface area contributed by atoms with Crippen LogP contribution in [-0.4, -0.2) is 40.2 Å². The number of aromatic nitrogens is 4. The van der Waals surface area contributed by atoms with Gasteiger partial charge in [0.05, 0.1) is 5.69 Å². The highest BCUT2D eigenvalue weighted by molar-refractivity contribution is 6.03. The molecule has 7 heteroatoms. The van der Waals surface area contributed by atoms with E-state index in [0.717, 1.165) is 18.7 Å². The number of aromatic amines is 1. The molecule has 0 radical (unpaired) electrons. The third kappa shape index (κ3) is 3.11. The van der Waals surface area contributed by atoms with Gasteiger partial charge < -0.3 is 10.2 Å². The fraction of sp³-hybridized carbons (Fsp3) is 0.385. The van der Waals surface area contributed by atoms with E-state index in [1.54, 1.807) is 18.3 Å². The number of aryl methyl sites for hydroxylation is 1. The molecule has 7 nitrogen and oxygen atoms in total. The van der Waals surface area contributed by atoms with Crippen molar-refractivity contribution in [2.45, 2.75) is 19.8 Å². The molecule has 2 heterocycles. The van der Waals surface area contributed by atoms with Gasteiger partial charge in [0, 0.05) is 26.7 Å². The van der Waals surface area contributed by atoms with Gasteiger partial charge >= 0.3 is 0 Å². The van der Waals surface area contributed by atoms with Gasteiger partial charge in [0.25, 0.3) is 5.91 Å². The van der Waals surface area contributed by atoms with Gasteiger partial charge in [0.1, 0.15) is 5.82 Å². The first-order valence-electron chi connectivity index (χ1n) is 6.46. The zero-order chi connectivity index (χ0) is 14.5. The Morgan fingerprint density at radius 2 is 2.25 bits per heavy atom. The Hall–Kier alpha value is -2.44. The smallest absolute Gasteiger partial charge is 0.295 e. The summed E-state index contributed by atoms with van der Waals surface area (Å²) in [7, 11) is 3.73. The molecular weight excluding hydrogens is 256 g/mol. The maximum atomic E-state index is 12.1. The second-order valence-electron chi connectivity index (χ2n) is 4.58. The fourth-order valence-corrected chi connectivity index (χ4v) is 1.77. The third-order valence-electron chi connectivity index (χ3n) is 2.68. The second-order valence-corrected chi connectivity index (χ2v) is 4.58. The number of nitrogens with one attached hydrogen (secondary N) is 2. The highest BCUT2D eigenvalue weighted by atomic mass is 16.2. The standard InChI is InChI=1S/C13H18N6O/c1-4-6-10-16-11(18-17-10)13(20)15-9-7-5-8-14-12(9)19(2)3/h5,7-8H,4,6H2,1-3H3,(H,15,20)(H,16,17,18). The van der Waals surface area contributed by atoms with Gasteiger partial charge in [-0.2, -0.15) is 0 Å². The Balaban J connectivity index is 2.15. The van der Waals surface area contributed by atoms with Crippen molar-refractivity contribution in [2.24, 2.45) is 0 Å². The molecule has 1 amide bonds. The summed E-state index contributed by atoms with van der Waals surface area (Å²) in [6.45, 7) is 2.04. The van der Waals surface area contributed by atoms with Crippen LogP contribution >= 0.6 is 0 Å². The van der Waals surface area contributed by atoms with Gasteiger partial charge in [-0.3, -0.25) is 9.89 Å². The Morgan fingerprint density at radius 3 is 2.95 bits per heavy atom. The van der Waals surface area contributed by atoms with Crippen LogP contribution in [-0.2, 0) is 6.42 Å². The highest BCUT2D eigenvalue weighted by Gasteiger charge is 2.15. The number of carbonyl (C=O) groups is 1. The topological polar surface area (TPSA) is 86.8 Å². The minimum atomic E-state index is -0.347. The number of H-pyrrole nitrogens is 1. The van der Waals surface area contributed by atoms with Gasteiger partial charge in [0.15, 0.2) is 5.82 Å². The molecule has 0 saturated carbocycles. The number of anilines is 2. The normalized spacial score (nSPS) is 10.3. The van der Waals surface area contributed by atoms with Gasteiger partial charge in [-0.15, -0.1) is 5.10 Å². The average Bonchev–Trinajstić information content (AvgIpc) is 2.88. The number of nitrogens with zero attached hydrogens (tertiary/aromatic N) is 4. The molecule has 0 unspecified atom stereocenters. The molecule has 2 N–H and O–H groups in total. The molecular formula is C13H18N6O. The lowest BCUT2D eigenvalue weighted by atomic mass is 10.3. The molecule has 2 aromatic rings. The van der Waals surface area contributed by atoms with Crippen molar-refractivity contribution in [3.63, 3.8) is 0 Å². The summed E-state index contributed by atoms with van der Waals surface area (Å²) in [5.74, 6) is 1.20. The molecule has 106 valence electrons. The molecule has 0 aliphatic heterocycles. The molecule has 20 heavy (non-hydrogen) atoms. The molecule has 0 aliphatic carbocycles. The Labute approximate surface area is 117 Å². The molecule has 0 fully saturated rings. The van der Waals surface area contributed by atoms with Crippen LogP contribution in [0.4, 0.5) is 11.5 Å². The Kier molecular flexibility index (Phi) is 4.29. The van der Waals surface area contributed by atoms with Crippen molar-refractivity contribution < 1.29 is 4.79 Å². The monoisotopic (exact) mass is 274 g/mol. The Bertz CT molecular complexity index is 592. The highest BCUT2D eigenvalue weighted by Crippen LogP contribution is 2.20. The number of carbonyl (C=O) groups excluding carboxylic acids is 1. The summed E-state index contributed by atoms with van der Waals surface area (Å²) in [6, 6.07) is 3.56. The average molecular weight is 274 g/mol. The zero-order valence-electron chi connectivity index (χ0n) is 11.8. The summed E-state index contributed by atoms with van der Waals surface area (Å²) < 4.78 is 0. The van der Waals surface area contributed by atoms with E-state index >= 15 is 0 Å². The number of hydrogen-bond acceptors (Lipinski definition) is 5. The van der Waals surface area contributed by atoms with E-state index in [-0.39, 0.29) is 11.7 Å². The van der Waals surface area contributed by atoms with E-state index in [0.29, 0.717) is 11.5 Å². The maximum absolute atomic E-state index is 12.1. The summed E-state index contributed by atoms with van der Waals surface area (Å²) in [6.07, 6.45) is 3.40. The minimum Gasteiger partial charge on any atom is -0.361 e. The lowest BCUT2D eigenvalue weighted by molar-refractivity contribution is 0.101. The van der Waals surface area contributed by atoms with Crippen molar-refractivity contribution in [3.8, 4) is 0 Å². The molecule has 0 spiro atoms. The third-order valence-corrected chi connectivity index (χ3v) is 2.68. The number of hydrogen-bond donors (Lipinski definition) is 2. The first-order chi connectivity index (χ1) is 9.61. The lowest BCUT2D eigenvalue weighted by Crippen LogP contribution is -2.18. The first-order valence-corrected chi connectivity index (χ1v) is 6.46. The van der Waals surface area contributed by atoms with Crippen molar-refractivity contribution in [2.75, 3.05) is 24.3 Å². The SMILES string of the molecule is CCCc1nc(C(=O)Nc2cccnc2N(C)C)n[nH]1. The zero-order valence-corrected chi connectivity index (χ0v) is 11.8. The van der Waals surface area contributed by atoms with E-state index < -0.39 is 0 Å². The van der Waals surface area contributed by atoms with E-state index in [1.165, 1.54) is 0 Å². The van der Waals surface area contributed by atoms with E-state index in [1.807, 2.05) is 25.9 Å². The molecule has 0 bridgehead atoms. The lowest BCUT2D eigenvalue weighted by Gasteiger charge is -2.15. The van der Waals surface area contributed by atoms with Crippen LogP contribution in [0.5, 0.6) is 0 Å². The summed E-state index contributed by atoms with van der Waals surface area (Å²) >= 11 is 0. The second kappa shape index (κ2) is 6.14. The molecule has 0 atom stereocenters. The largest absolute Gasteiger partial charge is 0.361 e. The van der Waals surface area contributed by atoms with Crippen molar-refractivity contribution in [1.82, 2.24) is 20.2 Å². The molecule has 0 saturated heterocycles. The fourth-order valence-electron chi connectivity index (χ4n) is 1.77. The summed E-state index contributed by atoms with van der Waals surface area (Å²) in [4.78, 5) is 22.3. The molecule has 0 aliphatic rings. The predicted molar refractivity (Wildman–Crippen MR) is 76.9 cm³/mol. The van der Waals surface area contributed by atoms with Crippen LogP contribution in [0.25, 0.3) is 0 Å². The van der Waals surface area contributed by atoms with Crippen molar-refractivity contribution in [3.05, 3.63) is 30.0 Å². The van der Waals surface area contributed by atoms with E-state index in [2.05, 4.69) is 25.5 Å².